The van der Waals surface area contributed by atoms with Crippen LogP contribution in [0.4, 0.5) is 0 Å². The maximum Gasteiger partial charge on any atom is 0.265 e. The lowest BCUT2D eigenvalue weighted by Crippen LogP contribution is -2.29. The molecule has 0 spiro atoms. The number of carbonyl (C=O) groups excluding carboxylic acids is 1. The Kier molecular flexibility index (Phi) is 7.01. The summed E-state index contributed by atoms with van der Waals surface area (Å²) in [4.78, 5) is 11.2. The van der Waals surface area contributed by atoms with Crippen molar-refractivity contribution in [2.75, 3.05) is 19.8 Å². The van der Waals surface area contributed by atoms with E-state index >= 15 is 0 Å². The maximum atomic E-state index is 11.2. The second-order valence-electron chi connectivity index (χ2n) is 3.84. The average Bonchev–Trinajstić information content (AvgIpc) is 2.42. The molecule has 3 N–H and O–H groups in total. The van der Waals surface area contributed by atoms with Gasteiger partial charge in [0.25, 0.3) is 5.91 Å². The van der Waals surface area contributed by atoms with E-state index in [0.29, 0.717) is 25.4 Å². The molecule has 0 aliphatic rings. The Hall–Kier alpha value is -1.43. The molecule has 0 atom stereocenters. The number of nitrogen functional groups attached to an aromatic ring is 1. The van der Waals surface area contributed by atoms with Crippen LogP contribution >= 0.6 is 0 Å². The number of benzene rings is 1. The van der Waals surface area contributed by atoms with Gasteiger partial charge in [-0.1, -0.05) is 19.1 Å². The van der Waals surface area contributed by atoms with Crippen LogP contribution in [0.2, 0.25) is 0 Å². The van der Waals surface area contributed by atoms with Gasteiger partial charge < -0.3 is 9.47 Å². The number of nitrogens with one attached hydrogen (secondary N) is 1. The highest BCUT2D eigenvalue weighted by molar-refractivity contribution is 5.93. The summed E-state index contributed by atoms with van der Waals surface area (Å²) in [5.41, 5.74) is 3.63. The molecule has 0 saturated carbocycles. The van der Waals surface area contributed by atoms with Crippen molar-refractivity contribution < 1.29 is 14.3 Å². The van der Waals surface area contributed by atoms with Crippen LogP contribution in [0.3, 0.4) is 0 Å². The lowest BCUT2D eigenvalue weighted by molar-refractivity contribution is 0.0408. The van der Waals surface area contributed by atoms with Gasteiger partial charge in [0.05, 0.1) is 19.8 Å². The number of nitrogens with two attached hydrogens (primary N) is 1. The van der Waals surface area contributed by atoms with Gasteiger partial charge in [0.15, 0.2) is 0 Å². The maximum absolute atomic E-state index is 11.2. The summed E-state index contributed by atoms with van der Waals surface area (Å²) >= 11 is 0. The van der Waals surface area contributed by atoms with E-state index in [1.165, 1.54) is 0 Å². The summed E-state index contributed by atoms with van der Waals surface area (Å²) in [6.45, 7) is 4.54. The average molecular weight is 252 g/mol. The Balaban J connectivity index is 2.25. The number of carbonyl (C=O) groups is 1. The number of ether oxygens (including phenoxy) is 2. The van der Waals surface area contributed by atoms with E-state index < -0.39 is 0 Å². The molecule has 1 amide bonds. The summed E-state index contributed by atoms with van der Waals surface area (Å²) in [7, 11) is 0. The van der Waals surface area contributed by atoms with E-state index in [2.05, 4.69) is 12.3 Å². The Morgan fingerprint density at radius 1 is 1.17 bits per heavy atom. The van der Waals surface area contributed by atoms with Crippen molar-refractivity contribution in [3.05, 3.63) is 35.4 Å². The fourth-order valence-corrected chi connectivity index (χ4v) is 1.39. The fraction of sp³-hybridized carbons (Fsp3) is 0.462. The molecular formula is C13H20N2O3. The van der Waals surface area contributed by atoms with Crippen molar-refractivity contribution >= 4 is 5.91 Å². The SMILES string of the molecule is CCCOCCOCc1ccc(C(=O)NN)cc1. The molecule has 0 bridgehead atoms. The van der Waals surface area contributed by atoms with Crippen LogP contribution in [0.15, 0.2) is 24.3 Å². The summed E-state index contributed by atoms with van der Waals surface area (Å²) in [6, 6.07) is 7.12. The van der Waals surface area contributed by atoms with E-state index in [0.717, 1.165) is 18.6 Å². The third kappa shape index (κ3) is 5.27. The first-order valence-electron chi connectivity index (χ1n) is 6.03. The number of rotatable bonds is 8. The lowest BCUT2D eigenvalue weighted by atomic mass is 10.1. The molecular weight excluding hydrogens is 232 g/mol. The second kappa shape index (κ2) is 8.63. The molecule has 0 aliphatic heterocycles. The van der Waals surface area contributed by atoms with Crippen LogP contribution < -0.4 is 11.3 Å². The summed E-state index contributed by atoms with van der Waals surface area (Å²) < 4.78 is 10.7. The topological polar surface area (TPSA) is 73.6 Å². The van der Waals surface area contributed by atoms with E-state index in [-0.39, 0.29) is 5.91 Å². The van der Waals surface area contributed by atoms with Crippen LogP contribution in [-0.4, -0.2) is 25.7 Å². The van der Waals surface area contributed by atoms with Crippen LogP contribution in [0.5, 0.6) is 0 Å². The molecule has 0 saturated heterocycles. The standard InChI is InChI=1S/C13H20N2O3/c1-2-7-17-8-9-18-10-11-3-5-12(6-4-11)13(16)15-14/h3-6H,2,7-10,14H2,1H3,(H,15,16). The van der Waals surface area contributed by atoms with Crippen molar-refractivity contribution in [3.63, 3.8) is 0 Å². The molecule has 1 aromatic carbocycles. The van der Waals surface area contributed by atoms with Crippen LogP contribution in [0.25, 0.3) is 0 Å². The van der Waals surface area contributed by atoms with Crippen molar-refractivity contribution in [1.82, 2.24) is 5.43 Å². The second-order valence-corrected chi connectivity index (χ2v) is 3.84. The number of hydrazine groups is 1. The third-order valence-electron chi connectivity index (χ3n) is 2.34. The number of amides is 1. The van der Waals surface area contributed by atoms with Gasteiger partial charge in [0.2, 0.25) is 0 Å². The molecule has 0 radical (unpaired) electrons. The summed E-state index contributed by atoms with van der Waals surface area (Å²) in [5.74, 6) is 4.75. The molecule has 0 heterocycles. The zero-order chi connectivity index (χ0) is 13.2. The van der Waals surface area contributed by atoms with Crippen LogP contribution in [-0.2, 0) is 16.1 Å². The van der Waals surface area contributed by atoms with Gasteiger partial charge in [-0.25, -0.2) is 5.84 Å². The monoisotopic (exact) mass is 252 g/mol. The first-order chi connectivity index (χ1) is 8.77. The van der Waals surface area contributed by atoms with E-state index in [1.807, 2.05) is 12.1 Å². The van der Waals surface area contributed by atoms with Gasteiger partial charge in [-0.3, -0.25) is 10.2 Å². The van der Waals surface area contributed by atoms with Gasteiger partial charge in [0, 0.05) is 12.2 Å². The van der Waals surface area contributed by atoms with Crippen molar-refractivity contribution in [3.8, 4) is 0 Å². The zero-order valence-corrected chi connectivity index (χ0v) is 10.6. The first kappa shape index (κ1) is 14.6. The molecule has 5 nitrogen and oxygen atoms in total. The molecule has 1 rings (SSSR count). The minimum atomic E-state index is -0.296. The molecule has 0 unspecified atom stereocenters. The molecule has 5 heteroatoms. The van der Waals surface area contributed by atoms with Gasteiger partial charge in [-0.2, -0.15) is 0 Å². The van der Waals surface area contributed by atoms with E-state index in [4.69, 9.17) is 15.3 Å². The minimum Gasteiger partial charge on any atom is -0.379 e. The Morgan fingerprint density at radius 3 is 2.44 bits per heavy atom. The predicted molar refractivity (Wildman–Crippen MR) is 68.9 cm³/mol. The van der Waals surface area contributed by atoms with Crippen molar-refractivity contribution in [2.24, 2.45) is 5.84 Å². The Morgan fingerprint density at radius 2 is 1.83 bits per heavy atom. The first-order valence-corrected chi connectivity index (χ1v) is 6.03. The van der Waals surface area contributed by atoms with Crippen molar-refractivity contribution in [2.45, 2.75) is 20.0 Å². The van der Waals surface area contributed by atoms with Crippen LogP contribution in [0, 0.1) is 0 Å². The smallest absolute Gasteiger partial charge is 0.265 e. The molecule has 0 fully saturated rings. The van der Waals surface area contributed by atoms with E-state index in [1.54, 1.807) is 12.1 Å². The van der Waals surface area contributed by atoms with E-state index in [9.17, 15) is 4.79 Å². The number of hydrogen-bond donors (Lipinski definition) is 2. The third-order valence-corrected chi connectivity index (χ3v) is 2.34. The quantitative estimate of drug-likeness (QED) is 0.316. The van der Waals surface area contributed by atoms with Crippen LogP contribution in [0.1, 0.15) is 29.3 Å². The number of hydrogen-bond acceptors (Lipinski definition) is 4. The van der Waals surface area contributed by atoms with Crippen molar-refractivity contribution in [1.29, 1.82) is 0 Å². The molecule has 0 aromatic heterocycles. The lowest BCUT2D eigenvalue weighted by Gasteiger charge is -2.06. The highest BCUT2D eigenvalue weighted by atomic mass is 16.5. The summed E-state index contributed by atoms with van der Waals surface area (Å²) in [5, 5.41) is 0. The fourth-order valence-electron chi connectivity index (χ4n) is 1.39. The molecule has 100 valence electrons. The predicted octanol–water partition coefficient (Wildman–Crippen LogP) is 1.23. The molecule has 1 aromatic rings. The minimum absolute atomic E-state index is 0.296. The largest absolute Gasteiger partial charge is 0.379 e. The zero-order valence-electron chi connectivity index (χ0n) is 10.6. The summed E-state index contributed by atoms with van der Waals surface area (Å²) in [6.07, 6.45) is 1.02. The molecule has 0 aliphatic carbocycles. The highest BCUT2D eigenvalue weighted by Crippen LogP contribution is 2.05. The van der Waals surface area contributed by atoms with Gasteiger partial charge in [-0.15, -0.1) is 0 Å². The Bertz CT molecular complexity index is 352. The highest BCUT2D eigenvalue weighted by Gasteiger charge is 2.02. The molecule has 18 heavy (non-hydrogen) atoms. The normalized spacial score (nSPS) is 10.3. The van der Waals surface area contributed by atoms with Gasteiger partial charge in [-0.05, 0) is 24.1 Å². The van der Waals surface area contributed by atoms with Gasteiger partial charge >= 0.3 is 0 Å². The Labute approximate surface area is 107 Å². The van der Waals surface area contributed by atoms with Gasteiger partial charge in [0.1, 0.15) is 0 Å².